The molecule has 3 rings (SSSR count). The molecule has 0 saturated heterocycles. The van der Waals surface area contributed by atoms with Crippen LogP contribution in [0.1, 0.15) is 42.5 Å². The van der Waals surface area contributed by atoms with E-state index >= 15 is 0 Å². The third-order valence-corrected chi connectivity index (χ3v) is 6.64. The van der Waals surface area contributed by atoms with E-state index < -0.39 is 27.0 Å². The first-order chi connectivity index (χ1) is 13.4. The molecule has 0 radical (unpaired) electrons. The molecule has 0 aliphatic heterocycles. The summed E-state index contributed by atoms with van der Waals surface area (Å²) < 4.78 is 44.4. The third kappa shape index (κ3) is 4.51. The fourth-order valence-corrected chi connectivity index (χ4v) is 4.71. The lowest BCUT2D eigenvalue weighted by Crippen LogP contribution is -2.46. The van der Waals surface area contributed by atoms with Crippen molar-refractivity contribution in [1.82, 2.24) is 10.3 Å². The first-order valence-electron chi connectivity index (χ1n) is 9.16. The van der Waals surface area contributed by atoms with Gasteiger partial charge in [0.1, 0.15) is 0 Å². The number of hydrogen-bond donors (Lipinski definition) is 2. The zero-order valence-electron chi connectivity index (χ0n) is 15.6. The molecule has 1 aliphatic carbocycles. The number of sulfonamides is 1. The van der Waals surface area contributed by atoms with E-state index in [0.29, 0.717) is 18.4 Å². The van der Waals surface area contributed by atoms with Crippen molar-refractivity contribution in [3.05, 3.63) is 53.8 Å². The zero-order valence-corrected chi connectivity index (χ0v) is 16.4. The Balaban J connectivity index is 1.82. The topological polar surface area (TPSA) is 84.5 Å². The Morgan fingerprint density at radius 3 is 2.39 bits per heavy atom. The highest BCUT2D eigenvalue weighted by Gasteiger charge is 2.28. The van der Waals surface area contributed by atoms with Gasteiger partial charge >= 0.3 is 0 Å². The summed E-state index contributed by atoms with van der Waals surface area (Å²) in [5.74, 6) is -1.83. The van der Waals surface area contributed by atoms with Gasteiger partial charge in [-0.25, -0.2) is 12.8 Å². The average molecular weight is 406 g/mol. The van der Waals surface area contributed by atoms with E-state index in [2.05, 4.69) is 10.3 Å². The minimum atomic E-state index is -3.71. The van der Waals surface area contributed by atoms with E-state index in [-0.39, 0.29) is 11.3 Å². The Morgan fingerprint density at radius 2 is 1.75 bits per heavy atom. The van der Waals surface area contributed by atoms with E-state index in [9.17, 15) is 17.6 Å². The van der Waals surface area contributed by atoms with E-state index in [1.807, 2.05) is 30.3 Å². The van der Waals surface area contributed by atoms with Gasteiger partial charge in [-0.05, 0) is 36.1 Å². The lowest BCUT2D eigenvalue weighted by molar-refractivity contribution is 0.0940. The summed E-state index contributed by atoms with van der Waals surface area (Å²) in [6, 6.07) is 12.0. The van der Waals surface area contributed by atoms with Crippen LogP contribution in [0, 0.1) is 5.82 Å². The van der Waals surface area contributed by atoms with Gasteiger partial charge in [-0.3, -0.25) is 10.2 Å². The smallest absolute Gasteiger partial charge is 0.269 e. The van der Waals surface area contributed by atoms with Crippen molar-refractivity contribution in [1.29, 1.82) is 0 Å². The van der Waals surface area contributed by atoms with Crippen LogP contribution in [0.2, 0.25) is 0 Å². The van der Waals surface area contributed by atoms with Gasteiger partial charge < -0.3 is 4.74 Å². The highest BCUT2D eigenvalue weighted by molar-refractivity contribution is 7.90. The van der Waals surface area contributed by atoms with Gasteiger partial charge in [0.25, 0.3) is 5.91 Å². The number of carbonyl (C=O) groups is 1. The quantitative estimate of drug-likeness (QED) is 0.720. The number of methoxy groups -OCH3 is 1. The molecule has 150 valence electrons. The Hall–Kier alpha value is -2.45. The molecule has 0 atom stereocenters. The van der Waals surface area contributed by atoms with Crippen molar-refractivity contribution in [2.24, 2.45) is 0 Å². The monoisotopic (exact) mass is 406 g/mol. The van der Waals surface area contributed by atoms with E-state index in [4.69, 9.17) is 4.74 Å². The zero-order chi connectivity index (χ0) is 20.1. The lowest BCUT2D eigenvalue weighted by Gasteiger charge is -2.22. The molecular formula is C20H23FN2O4S. The normalized spacial score (nSPS) is 15.2. The maximum Gasteiger partial charge on any atom is 0.269 e. The molecule has 0 heterocycles. The van der Waals surface area contributed by atoms with Crippen molar-refractivity contribution < 1.29 is 22.3 Å². The Labute approximate surface area is 164 Å². The second-order valence-electron chi connectivity index (χ2n) is 6.77. The molecule has 28 heavy (non-hydrogen) atoms. The number of ether oxygens (including phenoxy) is 1. The second-order valence-corrected chi connectivity index (χ2v) is 8.73. The van der Waals surface area contributed by atoms with E-state index in [1.165, 1.54) is 19.2 Å². The average Bonchev–Trinajstić information content (AvgIpc) is 2.73. The molecule has 1 aliphatic rings. The summed E-state index contributed by atoms with van der Waals surface area (Å²) in [7, 11) is -2.41. The van der Waals surface area contributed by atoms with Crippen molar-refractivity contribution in [2.45, 2.75) is 37.4 Å². The van der Waals surface area contributed by atoms with Gasteiger partial charge in [0.15, 0.2) is 11.6 Å². The number of amides is 1. The highest BCUT2D eigenvalue weighted by Crippen LogP contribution is 2.29. The Bertz CT molecular complexity index is 942. The predicted octanol–water partition coefficient (Wildman–Crippen LogP) is 3.40. The molecule has 0 bridgehead atoms. The number of benzene rings is 2. The number of hydrazine groups is 1. The van der Waals surface area contributed by atoms with E-state index in [1.54, 1.807) is 0 Å². The van der Waals surface area contributed by atoms with E-state index in [0.717, 1.165) is 24.8 Å². The Kier molecular flexibility index (Phi) is 6.31. The highest BCUT2D eigenvalue weighted by atomic mass is 32.2. The summed E-state index contributed by atoms with van der Waals surface area (Å²) in [5.41, 5.74) is 3.19. The lowest BCUT2D eigenvalue weighted by atomic mass is 10.0. The van der Waals surface area contributed by atoms with Gasteiger partial charge in [-0.2, -0.15) is 0 Å². The fourth-order valence-electron chi connectivity index (χ4n) is 3.35. The van der Waals surface area contributed by atoms with Crippen LogP contribution in [0.15, 0.2) is 42.5 Å². The summed E-state index contributed by atoms with van der Waals surface area (Å²) in [6.07, 6.45) is 3.79. The number of nitrogens with one attached hydrogen (secondary N) is 2. The van der Waals surface area contributed by atoms with Crippen LogP contribution in [-0.2, 0) is 10.0 Å². The first kappa shape index (κ1) is 20.3. The summed E-state index contributed by atoms with van der Waals surface area (Å²) in [6.45, 7) is 0. The van der Waals surface area contributed by atoms with Crippen LogP contribution in [-0.4, -0.2) is 26.7 Å². The first-order valence-corrected chi connectivity index (χ1v) is 10.7. The van der Waals surface area contributed by atoms with Gasteiger partial charge in [0, 0.05) is 0 Å². The summed E-state index contributed by atoms with van der Waals surface area (Å²) in [4.78, 5) is 14.6. The molecule has 2 N–H and O–H groups in total. The number of hydrogen-bond acceptors (Lipinski definition) is 4. The predicted molar refractivity (Wildman–Crippen MR) is 105 cm³/mol. The van der Waals surface area contributed by atoms with Crippen LogP contribution in [0.25, 0.3) is 11.1 Å². The van der Waals surface area contributed by atoms with Crippen LogP contribution < -0.4 is 15.0 Å². The fraction of sp³-hybridized carbons (Fsp3) is 0.350. The standard InChI is InChI=1S/C20H23FN2O4S/c1-27-18-13-15(14-8-4-2-5-9-14)12-17(19(18)21)20(24)22-23-28(25,26)16-10-6-3-7-11-16/h2,4-5,8-9,12-13,16,23H,3,6-7,10-11H2,1H3,(H,22,24). The number of halogens is 1. The van der Waals surface area contributed by atoms with Crippen molar-refractivity contribution in [3.8, 4) is 16.9 Å². The molecule has 1 fully saturated rings. The minimum absolute atomic E-state index is 0.0957. The van der Waals surface area contributed by atoms with Crippen LogP contribution in [0.3, 0.4) is 0 Å². The van der Waals surface area contributed by atoms with Crippen LogP contribution >= 0.6 is 0 Å². The SMILES string of the molecule is COc1cc(-c2ccccc2)cc(C(=O)NNS(=O)(=O)C2CCCCC2)c1F. The molecule has 1 amide bonds. The maximum atomic E-state index is 14.6. The molecule has 0 unspecified atom stereocenters. The largest absolute Gasteiger partial charge is 0.494 e. The number of rotatable bonds is 6. The molecule has 0 aromatic heterocycles. The van der Waals surface area contributed by atoms with Crippen LogP contribution in [0.5, 0.6) is 5.75 Å². The molecule has 0 spiro atoms. The molecule has 8 heteroatoms. The molecule has 2 aromatic rings. The second kappa shape index (κ2) is 8.70. The van der Waals surface area contributed by atoms with Gasteiger partial charge in [-0.15, -0.1) is 4.83 Å². The van der Waals surface area contributed by atoms with Crippen LogP contribution in [0.4, 0.5) is 4.39 Å². The summed E-state index contributed by atoms with van der Waals surface area (Å²) in [5, 5.41) is -0.545. The third-order valence-electron chi connectivity index (χ3n) is 4.91. The molecular weight excluding hydrogens is 383 g/mol. The minimum Gasteiger partial charge on any atom is -0.494 e. The molecule has 1 saturated carbocycles. The van der Waals surface area contributed by atoms with Crippen molar-refractivity contribution in [2.75, 3.05) is 7.11 Å². The molecule has 6 nitrogen and oxygen atoms in total. The van der Waals surface area contributed by atoms with Gasteiger partial charge in [-0.1, -0.05) is 49.6 Å². The van der Waals surface area contributed by atoms with Crippen molar-refractivity contribution in [3.63, 3.8) is 0 Å². The van der Waals surface area contributed by atoms with Gasteiger partial charge in [0.2, 0.25) is 10.0 Å². The summed E-state index contributed by atoms with van der Waals surface area (Å²) >= 11 is 0. The maximum absolute atomic E-state index is 14.6. The Morgan fingerprint density at radius 1 is 1.07 bits per heavy atom. The van der Waals surface area contributed by atoms with Crippen molar-refractivity contribution >= 4 is 15.9 Å². The molecule has 2 aromatic carbocycles. The number of carbonyl (C=O) groups excluding carboxylic acids is 1. The van der Waals surface area contributed by atoms with Gasteiger partial charge in [0.05, 0.1) is 17.9 Å².